The minimum atomic E-state index is -0.927. The second-order valence-electron chi connectivity index (χ2n) is 6.71. The van der Waals surface area contributed by atoms with E-state index in [0.29, 0.717) is 5.56 Å². The summed E-state index contributed by atoms with van der Waals surface area (Å²) in [7, 11) is 5.85. The van der Waals surface area contributed by atoms with Crippen LogP contribution in [0.3, 0.4) is 0 Å². The van der Waals surface area contributed by atoms with Gasteiger partial charge in [0, 0.05) is 30.7 Å². The molecule has 24 heavy (non-hydrogen) atoms. The fraction of sp³-hybridized carbons (Fsp3) is 0.562. The molecule has 0 fully saturated rings. The van der Waals surface area contributed by atoms with Crippen molar-refractivity contribution in [3.63, 3.8) is 0 Å². The van der Waals surface area contributed by atoms with Crippen LogP contribution < -0.4 is 4.90 Å². The zero-order chi connectivity index (χ0) is 18.5. The summed E-state index contributed by atoms with van der Waals surface area (Å²) in [6.07, 6.45) is 0. The molecule has 0 heterocycles. The lowest BCUT2D eigenvalue weighted by Crippen LogP contribution is -2.31. The van der Waals surface area contributed by atoms with Crippen molar-refractivity contribution in [1.82, 2.24) is 4.90 Å². The Morgan fingerprint density at radius 1 is 1.29 bits per heavy atom. The van der Waals surface area contributed by atoms with Crippen LogP contribution in [0.4, 0.5) is 5.69 Å². The first kappa shape index (κ1) is 19.9. The normalized spacial score (nSPS) is 11.5. The number of hydrogen-bond donors (Lipinski definition) is 1. The number of carbonyl (C=O) groups is 1. The van der Waals surface area contributed by atoms with Crippen LogP contribution in [0.1, 0.15) is 29.8 Å². The Hall–Kier alpha value is -2.19. The summed E-state index contributed by atoms with van der Waals surface area (Å²) in [5, 5.41) is 19.6. The van der Waals surface area contributed by atoms with Gasteiger partial charge in [-0.2, -0.15) is 5.26 Å². The first-order valence-corrected chi connectivity index (χ1v) is 7.56. The molecule has 0 bridgehead atoms. The Bertz CT molecular complexity index is 601. The van der Waals surface area contributed by atoms with Crippen LogP contribution in [0.25, 0.3) is 0 Å². The van der Waals surface area contributed by atoms with E-state index in [0.717, 1.165) is 18.8 Å². The SMILES string of the molecule is CN(C)CCN(C)c1ccc(C(=O)OO)c(C(C)(C)C[N+](=O)[O-])c1. The lowest BCUT2D eigenvalue weighted by Gasteiger charge is -2.27. The van der Waals surface area contributed by atoms with Crippen molar-refractivity contribution in [3.05, 3.63) is 39.4 Å². The maximum atomic E-state index is 11.8. The third kappa shape index (κ3) is 5.17. The Morgan fingerprint density at radius 2 is 1.92 bits per heavy atom. The van der Waals surface area contributed by atoms with E-state index in [2.05, 4.69) is 4.89 Å². The number of carbonyl (C=O) groups excluding carboxylic acids is 1. The van der Waals surface area contributed by atoms with E-state index >= 15 is 0 Å². The zero-order valence-corrected chi connectivity index (χ0v) is 14.8. The molecule has 8 heteroatoms. The fourth-order valence-electron chi connectivity index (χ4n) is 2.44. The highest BCUT2D eigenvalue weighted by molar-refractivity contribution is 5.91. The second kappa shape index (κ2) is 8.07. The third-order valence-corrected chi connectivity index (χ3v) is 3.88. The van der Waals surface area contributed by atoms with Gasteiger partial charge in [-0.25, -0.2) is 4.79 Å². The molecule has 1 aromatic rings. The topological polar surface area (TPSA) is 96.2 Å². The molecule has 0 saturated heterocycles. The molecule has 134 valence electrons. The highest BCUT2D eigenvalue weighted by atomic mass is 17.1. The Balaban J connectivity index is 3.27. The van der Waals surface area contributed by atoms with E-state index in [1.54, 1.807) is 26.0 Å². The van der Waals surface area contributed by atoms with Gasteiger partial charge in [0.1, 0.15) is 0 Å². The monoisotopic (exact) mass is 339 g/mol. The predicted molar refractivity (Wildman–Crippen MR) is 91.2 cm³/mol. The summed E-state index contributed by atoms with van der Waals surface area (Å²) in [4.78, 5) is 30.2. The van der Waals surface area contributed by atoms with Crippen molar-refractivity contribution in [2.75, 3.05) is 45.7 Å². The minimum absolute atomic E-state index is 0.120. The van der Waals surface area contributed by atoms with Crippen LogP contribution in [0.2, 0.25) is 0 Å². The van der Waals surface area contributed by atoms with Crippen LogP contribution in [0.5, 0.6) is 0 Å². The van der Waals surface area contributed by atoms with E-state index in [-0.39, 0.29) is 12.1 Å². The highest BCUT2D eigenvalue weighted by Crippen LogP contribution is 2.31. The maximum Gasteiger partial charge on any atom is 0.373 e. The van der Waals surface area contributed by atoms with Gasteiger partial charge in [-0.05, 0) is 51.7 Å². The molecule has 0 aliphatic carbocycles. The molecule has 0 aliphatic rings. The fourth-order valence-corrected chi connectivity index (χ4v) is 2.44. The molecule has 0 spiro atoms. The molecule has 0 amide bonds. The third-order valence-electron chi connectivity index (χ3n) is 3.88. The number of anilines is 1. The van der Waals surface area contributed by atoms with Crippen LogP contribution in [-0.4, -0.2) is 61.8 Å². The van der Waals surface area contributed by atoms with Crippen molar-refractivity contribution < 1.29 is 19.9 Å². The molecule has 0 atom stereocenters. The molecule has 0 unspecified atom stereocenters. The quantitative estimate of drug-likeness (QED) is 0.439. The van der Waals surface area contributed by atoms with E-state index in [4.69, 9.17) is 5.26 Å². The van der Waals surface area contributed by atoms with E-state index < -0.39 is 16.3 Å². The summed E-state index contributed by atoms with van der Waals surface area (Å²) < 4.78 is 0. The molecule has 0 aromatic heterocycles. The Morgan fingerprint density at radius 3 is 2.42 bits per heavy atom. The standard InChI is InChI=1S/C16H25N3O5/c1-16(2,11-19(21)22)14-10-12(18(5)9-8-17(3)4)6-7-13(14)15(20)24-23/h6-7,10,23H,8-9,11H2,1-5H3. The number of hydrogen-bond acceptors (Lipinski definition) is 7. The van der Waals surface area contributed by atoms with Crippen LogP contribution in [0, 0.1) is 10.1 Å². The number of benzene rings is 1. The molecular formula is C16H25N3O5. The van der Waals surface area contributed by atoms with Gasteiger partial charge in [-0.15, -0.1) is 0 Å². The number of nitrogens with zero attached hydrogens (tertiary/aromatic N) is 3. The summed E-state index contributed by atoms with van der Waals surface area (Å²) in [5.41, 5.74) is 0.519. The van der Waals surface area contributed by atoms with Gasteiger partial charge < -0.3 is 9.80 Å². The molecule has 1 aromatic carbocycles. The number of nitro groups is 1. The Kier molecular flexibility index (Phi) is 6.68. The molecule has 0 aliphatic heterocycles. The largest absolute Gasteiger partial charge is 0.373 e. The molecular weight excluding hydrogens is 314 g/mol. The van der Waals surface area contributed by atoms with Gasteiger partial charge in [0.2, 0.25) is 6.54 Å². The summed E-state index contributed by atoms with van der Waals surface area (Å²) in [5.74, 6) is -0.927. The van der Waals surface area contributed by atoms with Crippen molar-refractivity contribution in [2.24, 2.45) is 0 Å². The maximum absolute atomic E-state index is 11.8. The van der Waals surface area contributed by atoms with Gasteiger partial charge in [-0.1, -0.05) is 0 Å². The number of likely N-dealkylation sites (N-methyl/N-ethyl adjacent to an activating group) is 2. The average molecular weight is 339 g/mol. The number of rotatable bonds is 8. The van der Waals surface area contributed by atoms with Gasteiger partial charge in [0.25, 0.3) is 0 Å². The molecule has 1 N–H and O–H groups in total. The van der Waals surface area contributed by atoms with Crippen LogP contribution in [-0.2, 0) is 10.3 Å². The van der Waals surface area contributed by atoms with Crippen molar-refractivity contribution in [2.45, 2.75) is 19.3 Å². The average Bonchev–Trinajstić information content (AvgIpc) is 2.49. The minimum Gasteiger partial charge on any atom is -0.373 e. The van der Waals surface area contributed by atoms with Gasteiger partial charge >= 0.3 is 5.97 Å². The predicted octanol–water partition coefficient (Wildman–Crippen LogP) is 1.87. The van der Waals surface area contributed by atoms with Gasteiger partial charge in [-0.3, -0.25) is 15.0 Å². The van der Waals surface area contributed by atoms with Gasteiger partial charge in [0.15, 0.2) is 0 Å². The smallest absolute Gasteiger partial charge is 0.373 e. The summed E-state index contributed by atoms with van der Waals surface area (Å²) in [6, 6.07) is 5.00. The lowest BCUT2D eigenvalue weighted by molar-refractivity contribution is -0.489. The van der Waals surface area contributed by atoms with E-state index in [9.17, 15) is 14.9 Å². The molecule has 0 radical (unpaired) electrons. The van der Waals surface area contributed by atoms with Crippen molar-refractivity contribution in [1.29, 1.82) is 0 Å². The summed E-state index contributed by atoms with van der Waals surface area (Å²) >= 11 is 0. The lowest BCUT2D eigenvalue weighted by atomic mass is 9.81. The zero-order valence-electron chi connectivity index (χ0n) is 14.8. The first-order valence-electron chi connectivity index (χ1n) is 7.56. The summed E-state index contributed by atoms with van der Waals surface area (Å²) in [6.45, 7) is 4.62. The molecule has 0 saturated carbocycles. The van der Waals surface area contributed by atoms with Gasteiger partial charge in [0.05, 0.1) is 11.0 Å². The van der Waals surface area contributed by atoms with Crippen molar-refractivity contribution in [3.8, 4) is 0 Å². The van der Waals surface area contributed by atoms with Crippen molar-refractivity contribution >= 4 is 11.7 Å². The molecule has 8 nitrogen and oxygen atoms in total. The van der Waals surface area contributed by atoms with E-state index in [1.165, 1.54) is 6.07 Å². The van der Waals surface area contributed by atoms with Crippen LogP contribution >= 0.6 is 0 Å². The Labute approximate surface area is 141 Å². The van der Waals surface area contributed by atoms with E-state index in [1.807, 2.05) is 30.9 Å². The second-order valence-corrected chi connectivity index (χ2v) is 6.71. The molecule has 1 rings (SSSR count). The van der Waals surface area contributed by atoms with Crippen LogP contribution in [0.15, 0.2) is 18.2 Å². The highest BCUT2D eigenvalue weighted by Gasteiger charge is 2.32. The first-order chi connectivity index (χ1) is 11.1.